The molecule has 0 rings (SSSR count). The Hall–Kier alpha value is -2.42. The Morgan fingerprint density at radius 3 is 1.10 bits per heavy atom. The van der Waals surface area contributed by atoms with Gasteiger partial charge < -0.3 is 4.74 Å². The average molecular weight is 539 g/mol. The van der Waals surface area contributed by atoms with Gasteiger partial charge >= 0.3 is 11.9 Å². The summed E-state index contributed by atoms with van der Waals surface area (Å²) in [5.74, 6) is -0.722. The maximum atomic E-state index is 11.9. The van der Waals surface area contributed by atoms with Gasteiger partial charge in [0.15, 0.2) is 0 Å². The Kier molecular flexibility index (Phi) is 29.8. The van der Waals surface area contributed by atoms with Crippen LogP contribution in [-0.4, -0.2) is 11.9 Å². The van der Waals surface area contributed by atoms with Crippen molar-refractivity contribution in [1.29, 1.82) is 0 Å². The minimum Gasteiger partial charge on any atom is -0.393 e. The third-order valence-corrected chi connectivity index (χ3v) is 6.29. The predicted octanol–water partition coefficient (Wildman–Crippen LogP) is 11.2. The lowest BCUT2D eigenvalue weighted by Gasteiger charge is -2.04. The molecule has 0 bridgehead atoms. The Morgan fingerprint density at radius 2 is 0.718 bits per heavy atom. The minimum atomic E-state index is -0.361. The Labute approximate surface area is 241 Å². The molecule has 0 spiro atoms. The number of rotatable bonds is 26. The van der Waals surface area contributed by atoms with E-state index in [1.165, 1.54) is 25.7 Å². The molecule has 0 saturated carbocycles. The number of unbranched alkanes of at least 4 members (excludes halogenated alkanes) is 10. The van der Waals surface area contributed by atoms with E-state index >= 15 is 0 Å². The lowest BCUT2D eigenvalue weighted by atomic mass is 10.1. The van der Waals surface area contributed by atoms with Crippen LogP contribution in [0.4, 0.5) is 0 Å². The van der Waals surface area contributed by atoms with Crippen LogP contribution in [0.25, 0.3) is 0 Å². The first kappa shape index (κ1) is 36.6. The highest BCUT2D eigenvalue weighted by Gasteiger charge is 2.09. The highest BCUT2D eigenvalue weighted by Crippen LogP contribution is 2.11. The lowest BCUT2D eigenvalue weighted by Crippen LogP contribution is -2.11. The van der Waals surface area contributed by atoms with Crippen molar-refractivity contribution >= 4 is 11.9 Å². The van der Waals surface area contributed by atoms with Gasteiger partial charge in [0, 0.05) is 12.8 Å². The van der Waals surface area contributed by atoms with Crippen LogP contribution in [0.2, 0.25) is 0 Å². The summed E-state index contributed by atoms with van der Waals surface area (Å²) in [6.07, 6.45) is 46.5. The molecular weight excluding hydrogens is 480 g/mol. The smallest absolute Gasteiger partial charge is 0.313 e. The van der Waals surface area contributed by atoms with Crippen LogP contribution in [0, 0.1) is 0 Å². The maximum absolute atomic E-state index is 11.9. The van der Waals surface area contributed by atoms with Crippen LogP contribution in [0.15, 0.2) is 72.9 Å². The second-order valence-corrected chi connectivity index (χ2v) is 10.0. The SMILES string of the molecule is CC/C=C/C/C=C/C/C=C/CCCCCCCC(=O)OC(=O)CCCCCCC/C=C/C/C=C/C/C=C/CC. The summed E-state index contributed by atoms with van der Waals surface area (Å²) in [6.45, 7) is 4.30. The molecule has 0 saturated heterocycles. The summed E-state index contributed by atoms with van der Waals surface area (Å²) in [5.41, 5.74) is 0. The van der Waals surface area contributed by atoms with E-state index in [1.807, 2.05) is 0 Å². The third kappa shape index (κ3) is 31.7. The molecule has 220 valence electrons. The zero-order valence-corrected chi connectivity index (χ0v) is 25.3. The highest BCUT2D eigenvalue weighted by molar-refractivity contribution is 5.85. The van der Waals surface area contributed by atoms with E-state index in [4.69, 9.17) is 4.74 Å². The van der Waals surface area contributed by atoms with Crippen molar-refractivity contribution in [3.05, 3.63) is 72.9 Å². The van der Waals surface area contributed by atoms with Crippen LogP contribution < -0.4 is 0 Å². The molecule has 0 heterocycles. The third-order valence-electron chi connectivity index (χ3n) is 6.29. The number of carbonyl (C=O) groups excluding carboxylic acids is 2. The highest BCUT2D eigenvalue weighted by atomic mass is 16.6. The van der Waals surface area contributed by atoms with E-state index in [-0.39, 0.29) is 11.9 Å². The van der Waals surface area contributed by atoms with Gasteiger partial charge in [0.1, 0.15) is 0 Å². The van der Waals surface area contributed by atoms with Crippen LogP contribution in [-0.2, 0) is 14.3 Å². The van der Waals surface area contributed by atoms with Crippen molar-refractivity contribution in [2.75, 3.05) is 0 Å². The normalized spacial score (nSPS) is 12.5. The van der Waals surface area contributed by atoms with Gasteiger partial charge in [-0.2, -0.15) is 0 Å². The fourth-order valence-electron chi connectivity index (χ4n) is 4.01. The molecule has 0 fully saturated rings. The summed E-state index contributed by atoms with van der Waals surface area (Å²) in [7, 11) is 0. The van der Waals surface area contributed by atoms with Crippen molar-refractivity contribution < 1.29 is 14.3 Å². The monoisotopic (exact) mass is 538 g/mol. The maximum Gasteiger partial charge on any atom is 0.313 e. The average Bonchev–Trinajstić information content (AvgIpc) is 2.93. The van der Waals surface area contributed by atoms with E-state index in [0.717, 1.165) is 89.9 Å². The van der Waals surface area contributed by atoms with Crippen LogP contribution in [0.5, 0.6) is 0 Å². The molecule has 0 N–H and O–H groups in total. The molecule has 0 aliphatic carbocycles. The zero-order valence-electron chi connectivity index (χ0n) is 25.3. The van der Waals surface area contributed by atoms with Gasteiger partial charge in [-0.05, 0) is 77.0 Å². The van der Waals surface area contributed by atoms with Crippen molar-refractivity contribution in [2.45, 2.75) is 142 Å². The molecule has 0 aromatic heterocycles. The molecule has 0 unspecified atom stereocenters. The van der Waals surface area contributed by atoms with E-state index < -0.39 is 0 Å². The number of ether oxygens (including phenoxy) is 1. The van der Waals surface area contributed by atoms with Crippen molar-refractivity contribution in [1.82, 2.24) is 0 Å². The molecule has 3 nitrogen and oxygen atoms in total. The molecule has 39 heavy (non-hydrogen) atoms. The molecule has 0 aromatic carbocycles. The Bertz CT molecular complexity index is 674. The molecule has 0 aliphatic rings. The molecular formula is C36H58O3. The summed E-state index contributed by atoms with van der Waals surface area (Å²) in [4.78, 5) is 23.7. The van der Waals surface area contributed by atoms with Gasteiger partial charge in [-0.15, -0.1) is 0 Å². The van der Waals surface area contributed by atoms with E-state index in [2.05, 4.69) is 86.8 Å². The quantitative estimate of drug-likeness (QED) is 0.0476. The number of allylic oxidation sites excluding steroid dienone is 12. The van der Waals surface area contributed by atoms with Gasteiger partial charge in [-0.1, -0.05) is 125 Å². The van der Waals surface area contributed by atoms with Gasteiger partial charge in [0.25, 0.3) is 0 Å². The number of carbonyl (C=O) groups is 2. The summed E-state index contributed by atoms with van der Waals surface area (Å²) in [6, 6.07) is 0. The summed E-state index contributed by atoms with van der Waals surface area (Å²) < 4.78 is 4.97. The van der Waals surface area contributed by atoms with E-state index in [1.54, 1.807) is 0 Å². The molecule has 0 radical (unpaired) electrons. The second-order valence-electron chi connectivity index (χ2n) is 10.0. The lowest BCUT2D eigenvalue weighted by molar-refractivity contribution is -0.159. The number of hydrogen-bond donors (Lipinski definition) is 0. The molecule has 0 atom stereocenters. The number of esters is 2. The van der Waals surface area contributed by atoms with Gasteiger partial charge in [-0.25, -0.2) is 0 Å². The number of hydrogen-bond acceptors (Lipinski definition) is 3. The fraction of sp³-hybridized carbons (Fsp3) is 0.611. The van der Waals surface area contributed by atoms with E-state index in [0.29, 0.717) is 12.8 Å². The van der Waals surface area contributed by atoms with Crippen LogP contribution in [0.3, 0.4) is 0 Å². The summed E-state index contributed by atoms with van der Waals surface area (Å²) in [5, 5.41) is 0. The van der Waals surface area contributed by atoms with Crippen molar-refractivity contribution in [2.24, 2.45) is 0 Å². The van der Waals surface area contributed by atoms with Gasteiger partial charge in [-0.3, -0.25) is 9.59 Å². The van der Waals surface area contributed by atoms with Gasteiger partial charge in [0.2, 0.25) is 0 Å². The van der Waals surface area contributed by atoms with Gasteiger partial charge in [0.05, 0.1) is 0 Å². The topological polar surface area (TPSA) is 43.4 Å². The van der Waals surface area contributed by atoms with E-state index in [9.17, 15) is 9.59 Å². The molecule has 0 aromatic rings. The molecule has 0 aliphatic heterocycles. The van der Waals surface area contributed by atoms with Crippen molar-refractivity contribution in [3.8, 4) is 0 Å². The van der Waals surface area contributed by atoms with Crippen LogP contribution >= 0.6 is 0 Å². The van der Waals surface area contributed by atoms with Crippen molar-refractivity contribution in [3.63, 3.8) is 0 Å². The first-order chi connectivity index (χ1) is 19.2. The molecule has 3 heteroatoms. The standard InChI is InChI=1S/C36H58O3/c1-3-5-7-9-11-13-15-17-19-21-23-25-27-29-31-33-35(37)39-36(38)34-32-30-28-26-24-22-20-18-16-14-12-10-8-6-4-2/h5-8,11-14,17-20H,3-4,9-10,15-16,21-34H2,1-2H3/b7-5+,8-6+,13-11+,14-12+,19-17+,20-18+. The Balaban J connectivity index is 3.47. The zero-order chi connectivity index (χ0) is 28.5. The largest absolute Gasteiger partial charge is 0.393 e. The fourth-order valence-corrected chi connectivity index (χ4v) is 4.01. The second kappa shape index (κ2) is 31.8. The Morgan fingerprint density at radius 1 is 0.410 bits per heavy atom. The minimum absolute atomic E-state index is 0.352. The summed E-state index contributed by atoms with van der Waals surface area (Å²) >= 11 is 0. The first-order valence-corrected chi connectivity index (χ1v) is 15.8. The first-order valence-electron chi connectivity index (χ1n) is 15.8. The predicted molar refractivity (Wildman–Crippen MR) is 170 cm³/mol. The molecule has 0 amide bonds. The van der Waals surface area contributed by atoms with Crippen LogP contribution in [0.1, 0.15) is 142 Å².